The molecule has 0 unspecified atom stereocenters. The van der Waals surface area contributed by atoms with Gasteiger partial charge in [0.25, 0.3) is 5.91 Å². The molecule has 110 valence electrons. The Morgan fingerprint density at radius 3 is 3.00 bits per heavy atom. The molecule has 0 radical (unpaired) electrons. The maximum absolute atomic E-state index is 13.0. The first kappa shape index (κ1) is 13.7. The Morgan fingerprint density at radius 2 is 2.23 bits per heavy atom. The largest absolute Gasteiger partial charge is 0.463 e. The van der Waals surface area contributed by atoms with E-state index in [1.807, 2.05) is 0 Å². The first-order valence-electron chi connectivity index (χ1n) is 6.40. The molecular weight excluding hydrogens is 287 g/mol. The second-order valence-electron chi connectivity index (χ2n) is 4.40. The van der Waals surface area contributed by atoms with Crippen LogP contribution in [0.25, 0.3) is 11.5 Å². The van der Waals surface area contributed by atoms with E-state index >= 15 is 0 Å². The number of halogens is 1. The molecule has 22 heavy (non-hydrogen) atoms. The number of benzene rings is 1. The lowest BCUT2D eigenvalue weighted by Crippen LogP contribution is -2.18. The minimum Gasteiger partial charge on any atom is -0.463 e. The number of aromatic nitrogens is 2. The fraction of sp³-hybridized carbons (Fsp3) is 0. The molecule has 2 heterocycles. The number of H-pyrrole nitrogens is 1. The molecule has 1 aromatic carbocycles. The van der Waals surface area contributed by atoms with Crippen molar-refractivity contribution in [2.45, 2.75) is 0 Å². The molecule has 0 aliphatic carbocycles. The van der Waals surface area contributed by atoms with Crippen LogP contribution < -0.4 is 5.43 Å². The van der Waals surface area contributed by atoms with E-state index in [-0.39, 0.29) is 11.5 Å². The molecule has 2 aromatic heterocycles. The number of hydrazone groups is 1. The van der Waals surface area contributed by atoms with Crippen LogP contribution in [0.4, 0.5) is 4.39 Å². The molecule has 7 heteroatoms. The number of nitrogens with zero attached hydrogens (tertiary/aromatic N) is 2. The predicted molar refractivity (Wildman–Crippen MR) is 77.7 cm³/mol. The Labute approximate surface area is 124 Å². The summed E-state index contributed by atoms with van der Waals surface area (Å²) in [4.78, 5) is 11.9. The number of hydrogen-bond donors (Lipinski definition) is 2. The van der Waals surface area contributed by atoms with Gasteiger partial charge in [-0.1, -0.05) is 12.1 Å². The average Bonchev–Trinajstić information content (AvgIpc) is 3.18. The Hall–Kier alpha value is -3.22. The van der Waals surface area contributed by atoms with Crippen molar-refractivity contribution in [3.8, 4) is 11.5 Å². The third-order valence-corrected chi connectivity index (χ3v) is 2.83. The molecule has 0 saturated heterocycles. The number of carbonyl (C=O) groups is 1. The highest BCUT2D eigenvalue weighted by Gasteiger charge is 2.11. The van der Waals surface area contributed by atoms with Gasteiger partial charge in [0.05, 0.1) is 12.5 Å². The minimum absolute atomic E-state index is 0.169. The second kappa shape index (κ2) is 6.04. The van der Waals surface area contributed by atoms with E-state index in [4.69, 9.17) is 4.42 Å². The summed E-state index contributed by atoms with van der Waals surface area (Å²) in [7, 11) is 0. The smallest absolute Gasteiger partial charge is 0.291 e. The van der Waals surface area contributed by atoms with Crippen molar-refractivity contribution in [3.63, 3.8) is 0 Å². The molecule has 2 N–H and O–H groups in total. The third-order valence-electron chi connectivity index (χ3n) is 2.83. The SMILES string of the molecule is O=C(NN=Cc1cccc(F)c1)c1cc(-c2ccco2)[nH]n1. The van der Waals surface area contributed by atoms with E-state index in [1.165, 1.54) is 24.6 Å². The molecule has 0 saturated carbocycles. The van der Waals surface area contributed by atoms with Crippen molar-refractivity contribution in [3.05, 3.63) is 65.8 Å². The maximum atomic E-state index is 13.0. The summed E-state index contributed by atoms with van der Waals surface area (Å²) in [5.74, 6) is -0.276. The summed E-state index contributed by atoms with van der Waals surface area (Å²) in [6.07, 6.45) is 2.88. The van der Waals surface area contributed by atoms with Crippen LogP contribution in [0.3, 0.4) is 0 Å². The molecule has 3 rings (SSSR count). The van der Waals surface area contributed by atoms with Gasteiger partial charge in [-0.15, -0.1) is 0 Å². The normalized spacial score (nSPS) is 11.0. The Kier molecular flexibility index (Phi) is 3.78. The van der Waals surface area contributed by atoms with Crippen LogP contribution in [0.15, 0.2) is 58.2 Å². The molecule has 3 aromatic rings. The van der Waals surface area contributed by atoms with Gasteiger partial charge < -0.3 is 4.42 Å². The van der Waals surface area contributed by atoms with Crippen LogP contribution in [-0.2, 0) is 0 Å². The van der Waals surface area contributed by atoms with Gasteiger partial charge in [-0.3, -0.25) is 9.89 Å². The van der Waals surface area contributed by atoms with E-state index in [1.54, 1.807) is 30.3 Å². The van der Waals surface area contributed by atoms with Crippen LogP contribution in [0.5, 0.6) is 0 Å². The molecule has 1 amide bonds. The number of amides is 1. The van der Waals surface area contributed by atoms with Gasteiger partial charge in [-0.25, -0.2) is 9.82 Å². The summed E-state index contributed by atoms with van der Waals surface area (Å²) in [6.45, 7) is 0. The monoisotopic (exact) mass is 298 g/mol. The molecule has 0 aliphatic heterocycles. The van der Waals surface area contributed by atoms with Crippen molar-refractivity contribution in [1.29, 1.82) is 0 Å². The summed E-state index contributed by atoms with van der Waals surface area (Å²) >= 11 is 0. The Morgan fingerprint density at radius 1 is 1.32 bits per heavy atom. The molecule has 0 bridgehead atoms. The van der Waals surface area contributed by atoms with E-state index in [0.29, 0.717) is 17.0 Å². The lowest BCUT2D eigenvalue weighted by molar-refractivity contribution is 0.0950. The first-order valence-corrected chi connectivity index (χ1v) is 6.40. The number of aromatic amines is 1. The lowest BCUT2D eigenvalue weighted by atomic mass is 10.2. The topological polar surface area (TPSA) is 83.3 Å². The lowest BCUT2D eigenvalue weighted by Gasteiger charge is -1.95. The fourth-order valence-electron chi connectivity index (χ4n) is 1.81. The van der Waals surface area contributed by atoms with Gasteiger partial charge in [0.15, 0.2) is 11.5 Å². The highest BCUT2D eigenvalue weighted by atomic mass is 19.1. The molecule has 0 spiro atoms. The first-order chi connectivity index (χ1) is 10.7. The van der Waals surface area contributed by atoms with E-state index in [9.17, 15) is 9.18 Å². The number of carbonyl (C=O) groups excluding carboxylic acids is 1. The summed E-state index contributed by atoms with van der Waals surface area (Å²) in [5.41, 5.74) is 3.62. The third kappa shape index (κ3) is 3.09. The standard InChI is InChI=1S/C15H11FN4O2/c16-11-4-1-3-10(7-11)9-17-20-15(21)13-8-12(18-19-13)14-5-2-6-22-14/h1-9H,(H,18,19)(H,20,21). The van der Waals surface area contributed by atoms with Crippen LogP contribution >= 0.6 is 0 Å². The van der Waals surface area contributed by atoms with Crippen molar-refractivity contribution in [2.24, 2.45) is 5.10 Å². The quantitative estimate of drug-likeness (QED) is 0.573. The highest BCUT2D eigenvalue weighted by Crippen LogP contribution is 2.17. The van der Waals surface area contributed by atoms with Crippen molar-refractivity contribution in [2.75, 3.05) is 0 Å². The zero-order valence-corrected chi connectivity index (χ0v) is 11.3. The van der Waals surface area contributed by atoms with Gasteiger partial charge in [0.1, 0.15) is 11.5 Å². The van der Waals surface area contributed by atoms with Crippen molar-refractivity contribution in [1.82, 2.24) is 15.6 Å². The van der Waals surface area contributed by atoms with Crippen molar-refractivity contribution >= 4 is 12.1 Å². The Balaban J connectivity index is 1.65. The molecule has 6 nitrogen and oxygen atoms in total. The predicted octanol–water partition coefficient (Wildman–Crippen LogP) is 2.57. The van der Waals surface area contributed by atoms with Gasteiger partial charge >= 0.3 is 0 Å². The van der Waals surface area contributed by atoms with Gasteiger partial charge in [-0.05, 0) is 29.8 Å². The summed E-state index contributed by atoms with van der Waals surface area (Å²) in [6, 6.07) is 10.9. The van der Waals surface area contributed by atoms with Crippen LogP contribution in [0, 0.1) is 5.82 Å². The van der Waals surface area contributed by atoms with Crippen molar-refractivity contribution < 1.29 is 13.6 Å². The molecule has 0 atom stereocenters. The van der Waals surface area contributed by atoms with Gasteiger partial charge in [0, 0.05) is 6.07 Å². The zero-order valence-electron chi connectivity index (χ0n) is 11.3. The van der Waals surface area contributed by atoms with E-state index in [0.717, 1.165) is 0 Å². The second-order valence-corrected chi connectivity index (χ2v) is 4.40. The van der Waals surface area contributed by atoms with Crippen LogP contribution in [0.1, 0.15) is 16.1 Å². The fourth-order valence-corrected chi connectivity index (χ4v) is 1.81. The molecule has 0 fully saturated rings. The summed E-state index contributed by atoms with van der Waals surface area (Å²) in [5, 5.41) is 10.3. The van der Waals surface area contributed by atoms with E-state index in [2.05, 4.69) is 20.7 Å². The highest BCUT2D eigenvalue weighted by molar-refractivity contribution is 5.93. The molecular formula is C15H11FN4O2. The van der Waals surface area contributed by atoms with Gasteiger partial charge in [0.2, 0.25) is 0 Å². The Bertz CT molecular complexity index is 809. The minimum atomic E-state index is -0.485. The van der Waals surface area contributed by atoms with Crippen LogP contribution in [0.2, 0.25) is 0 Å². The number of nitrogens with one attached hydrogen (secondary N) is 2. The maximum Gasteiger partial charge on any atom is 0.291 e. The number of rotatable bonds is 4. The zero-order chi connectivity index (χ0) is 15.4. The number of furan rings is 1. The summed E-state index contributed by atoms with van der Waals surface area (Å²) < 4.78 is 18.2. The van der Waals surface area contributed by atoms with Crippen LogP contribution in [-0.4, -0.2) is 22.3 Å². The van der Waals surface area contributed by atoms with E-state index < -0.39 is 5.91 Å². The van der Waals surface area contributed by atoms with Gasteiger partial charge in [-0.2, -0.15) is 10.2 Å². The molecule has 0 aliphatic rings. The number of hydrogen-bond acceptors (Lipinski definition) is 4. The average molecular weight is 298 g/mol.